The molecule has 4 nitrogen and oxygen atoms in total. The average molecular weight is 204 g/mol. The van der Waals surface area contributed by atoms with Gasteiger partial charge in [0.15, 0.2) is 5.78 Å². The molecule has 0 unspecified atom stereocenters. The summed E-state index contributed by atoms with van der Waals surface area (Å²) in [5, 5.41) is 0. The molecule has 4 heteroatoms. The molecule has 0 rings (SSSR count). The van der Waals surface area contributed by atoms with Gasteiger partial charge in [0, 0.05) is 13.5 Å². The molecule has 0 bridgehead atoms. The number of ether oxygens (including phenoxy) is 3. The first-order valence-electron chi connectivity index (χ1n) is 4.86. The lowest BCUT2D eigenvalue weighted by molar-refractivity contribution is -0.126. The summed E-state index contributed by atoms with van der Waals surface area (Å²) in [7, 11) is 1.62. The minimum atomic E-state index is 0.0797. The topological polar surface area (TPSA) is 44.8 Å². The molecular weight excluding hydrogens is 184 g/mol. The van der Waals surface area contributed by atoms with Crippen LogP contribution in [0.4, 0.5) is 0 Å². The van der Waals surface area contributed by atoms with Crippen LogP contribution in [0.5, 0.6) is 0 Å². The van der Waals surface area contributed by atoms with Gasteiger partial charge in [0.1, 0.15) is 6.61 Å². The summed E-state index contributed by atoms with van der Waals surface area (Å²) < 4.78 is 15.1. The molecule has 0 aliphatic carbocycles. The Morgan fingerprint density at radius 1 is 1.21 bits per heavy atom. The van der Waals surface area contributed by atoms with Crippen LogP contribution in [0.25, 0.3) is 0 Å². The molecule has 0 fully saturated rings. The zero-order chi connectivity index (χ0) is 10.8. The molecule has 0 radical (unpaired) electrons. The van der Waals surface area contributed by atoms with Gasteiger partial charge in [-0.25, -0.2) is 0 Å². The first-order valence-corrected chi connectivity index (χ1v) is 4.86. The number of carbonyl (C=O) groups is 1. The van der Waals surface area contributed by atoms with E-state index in [4.69, 9.17) is 14.2 Å². The van der Waals surface area contributed by atoms with Crippen molar-refractivity contribution in [2.24, 2.45) is 0 Å². The van der Waals surface area contributed by atoms with Crippen LogP contribution in [0, 0.1) is 0 Å². The number of rotatable bonds is 9. The number of hydrogen-bond acceptors (Lipinski definition) is 4. The summed E-state index contributed by atoms with van der Waals surface area (Å²) in [6.45, 7) is 5.55. The highest BCUT2D eigenvalue weighted by Crippen LogP contribution is 1.91. The summed E-state index contributed by atoms with van der Waals surface area (Å²) in [6, 6.07) is 0. The predicted molar refractivity (Wildman–Crippen MR) is 53.4 cm³/mol. The van der Waals surface area contributed by atoms with Crippen molar-refractivity contribution in [3.05, 3.63) is 0 Å². The molecule has 0 aromatic rings. The molecular formula is C10H20O4. The smallest absolute Gasteiger partial charge is 0.160 e. The summed E-state index contributed by atoms with van der Waals surface area (Å²) in [5.41, 5.74) is 0. The monoisotopic (exact) mass is 204 g/mol. The van der Waals surface area contributed by atoms with E-state index in [0.717, 1.165) is 0 Å². The van der Waals surface area contributed by atoms with E-state index in [1.54, 1.807) is 7.11 Å². The van der Waals surface area contributed by atoms with Gasteiger partial charge in [-0.3, -0.25) is 4.79 Å². The second-order valence-electron chi connectivity index (χ2n) is 3.25. The van der Waals surface area contributed by atoms with Gasteiger partial charge in [-0.05, 0) is 13.8 Å². The number of Topliss-reactive ketones (excluding diaryl/α,β-unsaturated/α-hetero) is 1. The summed E-state index contributed by atoms with van der Waals surface area (Å²) >= 11 is 0. The van der Waals surface area contributed by atoms with Crippen LogP contribution >= 0.6 is 0 Å². The standard InChI is InChI=1S/C10H20O4/c1-9(2)14-8-10(11)4-5-13-7-6-12-3/h9H,4-8H2,1-3H3. The third kappa shape index (κ3) is 9.64. The van der Waals surface area contributed by atoms with Gasteiger partial charge >= 0.3 is 0 Å². The van der Waals surface area contributed by atoms with E-state index in [-0.39, 0.29) is 18.5 Å². The molecule has 0 aromatic heterocycles. The summed E-state index contributed by atoms with van der Waals surface area (Å²) in [5.74, 6) is 0.0797. The maximum Gasteiger partial charge on any atom is 0.160 e. The quantitative estimate of drug-likeness (QED) is 0.526. The SMILES string of the molecule is COCCOCCC(=O)COC(C)C. The summed E-state index contributed by atoms with van der Waals surface area (Å²) in [6.07, 6.45) is 0.518. The van der Waals surface area contributed by atoms with Crippen molar-refractivity contribution in [1.29, 1.82) is 0 Å². The molecule has 84 valence electrons. The summed E-state index contributed by atoms with van der Waals surface area (Å²) in [4.78, 5) is 11.1. The minimum absolute atomic E-state index is 0.0797. The fourth-order valence-corrected chi connectivity index (χ4v) is 0.762. The van der Waals surface area contributed by atoms with Crippen molar-refractivity contribution in [3.8, 4) is 0 Å². The van der Waals surface area contributed by atoms with E-state index < -0.39 is 0 Å². The van der Waals surface area contributed by atoms with Crippen molar-refractivity contribution in [2.75, 3.05) is 33.5 Å². The fraction of sp³-hybridized carbons (Fsp3) is 0.900. The van der Waals surface area contributed by atoms with E-state index in [2.05, 4.69) is 0 Å². The van der Waals surface area contributed by atoms with E-state index in [1.165, 1.54) is 0 Å². The van der Waals surface area contributed by atoms with Crippen molar-refractivity contribution in [1.82, 2.24) is 0 Å². The second-order valence-corrected chi connectivity index (χ2v) is 3.25. The van der Waals surface area contributed by atoms with Gasteiger partial charge in [0.2, 0.25) is 0 Å². The van der Waals surface area contributed by atoms with Crippen LogP contribution in [-0.2, 0) is 19.0 Å². The van der Waals surface area contributed by atoms with Crippen molar-refractivity contribution in [3.63, 3.8) is 0 Å². The molecule has 0 saturated carbocycles. The van der Waals surface area contributed by atoms with Gasteiger partial charge in [-0.1, -0.05) is 0 Å². The Labute approximate surface area is 85.5 Å². The molecule has 0 heterocycles. The number of methoxy groups -OCH3 is 1. The van der Waals surface area contributed by atoms with Crippen LogP contribution in [0.3, 0.4) is 0 Å². The highest BCUT2D eigenvalue weighted by atomic mass is 16.5. The van der Waals surface area contributed by atoms with E-state index in [9.17, 15) is 4.79 Å². The molecule has 0 atom stereocenters. The molecule has 0 N–H and O–H groups in total. The predicted octanol–water partition coefficient (Wildman–Crippen LogP) is 1.03. The minimum Gasteiger partial charge on any atom is -0.382 e. The highest BCUT2D eigenvalue weighted by molar-refractivity contribution is 5.79. The van der Waals surface area contributed by atoms with Crippen LogP contribution in [0.15, 0.2) is 0 Å². The zero-order valence-corrected chi connectivity index (χ0v) is 9.25. The molecule has 0 aromatic carbocycles. The van der Waals surface area contributed by atoms with Gasteiger partial charge in [-0.15, -0.1) is 0 Å². The molecule has 0 amide bonds. The van der Waals surface area contributed by atoms with Crippen LogP contribution in [0.2, 0.25) is 0 Å². The average Bonchev–Trinajstić information content (AvgIpc) is 2.14. The second kappa shape index (κ2) is 9.12. The lowest BCUT2D eigenvalue weighted by Gasteiger charge is -2.06. The lowest BCUT2D eigenvalue weighted by atomic mass is 10.3. The van der Waals surface area contributed by atoms with Gasteiger partial charge in [0.25, 0.3) is 0 Å². The van der Waals surface area contributed by atoms with E-state index in [0.29, 0.717) is 26.2 Å². The number of ketones is 1. The molecule has 0 saturated heterocycles. The van der Waals surface area contributed by atoms with Crippen molar-refractivity contribution >= 4 is 5.78 Å². The number of carbonyl (C=O) groups excluding carboxylic acids is 1. The normalized spacial score (nSPS) is 10.9. The van der Waals surface area contributed by atoms with Crippen LogP contribution < -0.4 is 0 Å². The highest BCUT2D eigenvalue weighted by Gasteiger charge is 2.03. The molecule has 0 aliphatic rings. The van der Waals surface area contributed by atoms with Crippen molar-refractivity contribution < 1.29 is 19.0 Å². The maximum atomic E-state index is 11.1. The van der Waals surface area contributed by atoms with E-state index >= 15 is 0 Å². The Morgan fingerprint density at radius 3 is 2.50 bits per heavy atom. The Morgan fingerprint density at radius 2 is 1.93 bits per heavy atom. The largest absolute Gasteiger partial charge is 0.382 e. The first kappa shape index (κ1) is 13.5. The fourth-order valence-electron chi connectivity index (χ4n) is 0.762. The molecule has 0 spiro atoms. The van der Waals surface area contributed by atoms with Crippen LogP contribution in [0.1, 0.15) is 20.3 Å². The Kier molecular flexibility index (Phi) is 8.83. The van der Waals surface area contributed by atoms with Crippen molar-refractivity contribution in [2.45, 2.75) is 26.4 Å². The Bertz CT molecular complexity index is 145. The number of hydrogen-bond donors (Lipinski definition) is 0. The maximum absolute atomic E-state index is 11.1. The third-order valence-corrected chi connectivity index (χ3v) is 1.53. The lowest BCUT2D eigenvalue weighted by Crippen LogP contribution is -2.15. The van der Waals surface area contributed by atoms with Crippen LogP contribution in [-0.4, -0.2) is 45.4 Å². The van der Waals surface area contributed by atoms with Gasteiger partial charge < -0.3 is 14.2 Å². The third-order valence-electron chi connectivity index (χ3n) is 1.53. The van der Waals surface area contributed by atoms with Gasteiger partial charge in [0.05, 0.1) is 25.9 Å². The van der Waals surface area contributed by atoms with Gasteiger partial charge in [-0.2, -0.15) is 0 Å². The molecule has 0 aliphatic heterocycles. The van der Waals surface area contributed by atoms with E-state index in [1.807, 2.05) is 13.8 Å². The Balaban J connectivity index is 3.18. The first-order chi connectivity index (χ1) is 6.66. The molecule has 14 heavy (non-hydrogen) atoms. The Hall–Kier alpha value is -0.450. The zero-order valence-electron chi connectivity index (χ0n) is 9.25.